The molecule has 34 heavy (non-hydrogen) atoms. The summed E-state index contributed by atoms with van der Waals surface area (Å²) >= 11 is 2.69. The van der Waals surface area contributed by atoms with Crippen molar-refractivity contribution in [2.75, 3.05) is 5.73 Å². The number of cyclic esters (lactones) is 1. The molecule has 0 fully saturated rings. The lowest BCUT2D eigenvalue weighted by Gasteiger charge is -2.40. The fourth-order valence-electron chi connectivity index (χ4n) is 4.35. The summed E-state index contributed by atoms with van der Waals surface area (Å²) in [7, 11) is 0. The number of carbonyl (C=O) groups is 1. The molecule has 1 atom stereocenters. The molecule has 3 aromatic rings. The number of rotatable bonds is 6. The van der Waals surface area contributed by atoms with Gasteiger partial charge in [0.15, 0.2) is 5.13 Å². The number of hydrogen-bond acceptors (Lipinski definition) is 7. The Morgan fingerprint density at radius 1 is 1.24 bits per heavy atom. The Hall–Kier alpha value is -2.51. The first-order valence-corrected chi connectivity index (χ1v) is 13.2. The molecule has 5 nitrogen and oxygen atoms in total. The first-order valence-electron chi connectivity index (χ1n) is 11.6. The highest BCUT2D eigenvalue weighted by Crippen LogP contribution is 2.46. The van der Waals surface area contributed by atoms with Crippen molar-refractivity contribution in [3.63, 3.8) is 0 Å². The van der Waals surface area contributed by atoms with Crippen molar-refractivity contribution in [1.82, 2.24) is 4.98 Å². The van der Waals surface area contributed by atoms with Crippen molar-refractivity contribution in [2.24, 2.45) is 5.92 Å². The third-order valence-electron chi connectivity index (χ3n) is 6.47. The number of aryl methyl sites for hydroxylation is 1. The Labute approximate surface area is 209 Å². The minimum absolute atomic E-state index is 0.0653. The molecule has 0 saturated heterocycles. The largest absolute Gasteiger partial charge is 0.511 e. The number of thiazole rings is 1. The topological polar surface area (TPSA) is 85.4 Å². The molecule has 0 spiro atoms. The van der Waals surface area contributed by atoms with Crippen LogP contribution in [0.2, 0.25) is 0 Å². The monoisotopic (exact) mass is 496 g/mol. The predicted molar refractivity (Wildman–Crippen MR) is 141 cm³/mol. The third kappa shape index (κ3) is 4.96. The third-order valence-corrected chi connectivity index (χ3v) is 8.48. The smallest absolute Gasteiger partial charge is 0.349 e. The molecule has 1 aliphatic rings. The number of nitrogen functional groups attached to an aromatic ring is 1. The van der Waals surface area contributed by atoms with E-state index in [1.165, 1.54) is 28.7 Å². The maximum Gasteiger partial charge on any atom is 0.349 e. The summed E-state index contributed by atoms with van der Waals surface area (Å²) in [5, 5.41) is 11.6. The van der Waals surface area contributed by atoms with Crippen LogP contribution in [0.25, 0.3) is 10.2 Å². The van der Waals surface area contributed by atoms with E-state index in [1.807, 2.05) is 44.2 Å². The van der Waals surface area contributed by atoms with Crippen molar-refractivity contribution in [2.45, 2.75) is 69.8 Å². The zero-order chi connectivity index (χ0) is 24.7. The molecule has 7 heteroatoms. The molecule has 2 aromatic carbocycles. The van der Waals surface area contributed by atoms with Gasteiger partial charge in [-0.3, -0.25) is 0 Å². The van der Waals surface area contributed by atoms with Crippen LogP contribution in [0.3, 0.4) is 0 Å². The Morgan fingerprint density at radius 2 is 1.94 bits per heavy atom. The van der Waals surface area contributed by atoms with Crippen LogP contribution in [0.5, 0.6) is 0 Å². The first-order chi connectivity index (χ1) is 16.0. The summed E-state index contributed by atoms with van der Waals surface area (Å²) < 4.78 is 7.08. The van der Waals surface area contributed by atoms with Gasteiger partial charge in [0.2, 0.25) is 0 Å². The van der Waals surface area contributed by atoms with E-state index in [0.29, 0.717) is 18.0 Å². The number of aliphatic hydroxyl groups is 1. The Kier molecular flexibility index (Phi) is 6.71. The van der Waals surface area contributed by atoms with E-state index in [4.69, 9.17) is 10.5 Å². The average Bonchev–Trinajstić information content (AvgIpc) is 3.13. The number of fused-ring (bicyclic) bond motifs is 1. The van der Waals surface area contributed by atoms with Gasteiger partial charge in [0.1, 0.15) is 16.3 Å². The van der Waals surface area contributed by atoms with Gasteiger partial charge in [0.05, 0.1) is 10.2 Å². The Balaban J connectivity index is 1.66. The van der Waals surface area contributed by atoms with Gasteiger partial charge in [-0.15, -0.1) is 0 Å². The van der Waals surface area contributed by atoms with E-state index < -0.39 is 11.6 Å². The van der Waals surface area contributed by atoms with Gasteiger partial charge < -0.3 is 15.6 Å². The minimum Gasteiger partial charge on any atom is -0.511 e. The van der Waals surface area contributed by atoms with Gasteiger partial charge in [-0.25, -0.2) is 9.78 Å². The van der Waals surface area contributed by atoms with E-state index in [9.17, 15) is 9.90 Å². The fraction of sp³-hybridized carbons (Fsp3) is 0.407. The van der Waals surface area contributed by atoms with Crippen LogP contribution in [0, 0.1) is 5.92 Å². The van der Waals surface area contributed by atoms with Crippen LogP contribution in [0.1, 0.15) is 58.6 Å². The predicted octanol–water partition coefficient (Wildman–Crippen LogP) is 7.01. The second-order valence-corrected chi connectivity index (χ2v) is 12.4. The summed E-state index contributed by atoms with van der Waals surface area (Å²) in [5.74, 6) is -0.290. The van der Waals surface area contributed by atoms with Crippen LogP contribution in [-0.4, -0.2) is 21.7 Å². The van der Waals surface area contributed by atoms with Crippen LogP contribution in [0.15, 0.2) is 58.0 Å². The number of ether oxygens (including phenoxy) is 1. The van der Waals surface area contributed by atoms with Gasteiger partial charge in [0, 0.05) is 11.3 Å². The Morgan fingerprint density at radius 3 is 2.56 bits per heavy atom. The number of carbonyl (C=O) groups excluding carboxylic acids is 1. The quantitative estimate of drug-likeness (QED) is 0.357. The zero-order valence-corrected chi connectivity index (χ0v) is 22.0. The first kappa shape index (κ1) is 24.6. The van der Waals surface area contributed by atoms with Crippen LogP contribution in [-0.2, 0) is 21.4 Å². The molecule has 1 aromatic heterocycles. The van der Waals surface area contributed by atoms with E-state index >= 15 is 0 Å². The molecule has 0 bridgehead atoms. The number of anilines is 1. The molecule has 0 amide bonds. The number of thioether (sulfide) groups is 1. The van der Waals surface area contributed by atoms with E-state index in [2.05, 4.69) is 37.9 Å². The molecule has 2 heterocycles. The van der Waals surface area contributed by atoms with Crippen molar-refractivity contribution in [3.8, 4) is 0 Å². The van der Waals surface area contributed by atoms with Gasteiger partial charge >= 0.3 is 5.97 Å². The average molecular weight is 497 g/mol. The number of aliphatic hydroxyl groups excluding tert-OH is 1. The van der Waals surface area contributed by atoms with Crippen LogP contribution in [0.4, 0.5) is 5.13 Å². The molecule has 4 rings (SSSR count). The van der Waals surface area contributed by atoms with E-state index in [1.54, 1.807) is 0 Å². The van der Waals surface area contributed by atoms with Crippen LogP contribution < -0.4 is 5.73 Å². The maximum atomic E-state index is 13.3. The van der Waals surface area contributed by atoms with Crippen LogP contribution >= 0.6 is 23.1 Å². The molecule has 0 saturated carbocycles. The van der Waals surface area contributed by atoms with Crippen molar-refractivity contribution in [1.29, 1.82) is 0 Å². The number of nitrogens with two attached hydrogens (primary N) is 1. The minimum atomic E-state index is -0.732. The van der Waals surface area contributed by atoms with Gasteiger partial charge in [0.25, 0.3) is 0 Å². The second kappa shape index (κ2) is 9.27. The molecule has 1 aliphatic heterocycles. The molecular formula is C27H32N2O3S2. The zero-order valence-electron chi connectivity index (χ0n) is 20.3. The number of esters is 1. The van der Waals surface area contributed by atoms with Crippen molar-refractivity contribution >= 4 is 44.4 Å². The lowest BCUT2D eigenvalue weighted by atomic mass is 9.80. The van der Waals surface area contributed by atoms with Gasteiger partial charge in [-0.05, 0) is 47.4 Å². The van der Waals surface area contributed by atoms with Gasteiger partial charge in [-0.1, -0.05) is 88.0 Å². The fourth-order valence-corrected chi connectivity index (χ4v) is 6.37. The second-order valence-electron chi connectivity index (χ2n) is 10.3. The number of benzene rings is 2. The van der Waals surface area contributed by atoms with Gasteiger partial charge in [-0.2, -0.15) is 0 Å². The molecular weight excluding hydrogens is 464 g/mol. The standard InChI is InChI=1S/C27H32N2O3S2/c1-16(2)27(12-11-17-9-7-6-8-10-17)15-20(30)23(24(31)32-27)33-21-14-22-19(29-25(28)34-22)13-18(21)26(3,4)5/h6-10,13-14,16,30H,11-12,15H2,1-5H3,(H2,28,29)/t27-/m0/s1. The highest BCUT2D eigenvalue weighted by molar-refractivity contribution is 8.04. The highest BCUT2D eigenvalue weighted by atomic mass is 32.2. The number of nitrogens with zero attached hydrogens (tertiary/aromatic N) is 1. The van der Waals surface area contributed by atoms with E-state index in [-0.39, 0.29) is 22.0 Å². The summed E-state index contributed by atoms with van der Waals surface area (Å²) in [6, 6.07) is 14.2. The number of aromatic nitrogens is 1. The summed E-state index contributed by atoms with van der Waals surface area (Å²) in [4.78, 5) is 18.9. The summed E-state index contributed by atoms with van der Waals surface area (Å²) in [5.41, 5.74) is 8.11. The normalized spacial score (nSPS) is 19.2. The molecule has 0 aliphatic carbocycles. The van der Waals surface area contributed by atoms with E-state index in [0.717, 1.165) is 27.1 Å². The maximum absolute atomic E-state index is 13.3. The highest BCUT2D eigenvalue weighted by Gasteiger charge is 2.44. The molecule has 3 N–H and O–H groups in total. The number of hydrogen-bond donors (Lipinski definition) is 2. The Bertz CT molecular complexity index is 1240. The molecule has 0 radical (unpaired) electrons. The van der Waals surface area contributed by atoms with Crippen molar-refractivity contribution in [3.05, 3.63) is 64.3 Å². The molecule has 0 unspecified atom stereocenters. The van der Waals surface area contributed by atoms with Crippen molar-refractivity contribution < 1.29 is 14.6 Å². The SMILES string of the molecule is CC(C)[C@]1(CCc2ccccc2)CC(O)=C(Sc2cc3sc(N)nc3cc2C(C)(C)C)C(=O)O1. The summed E-state index contributed by atoms with van der Waals surface area (Å²) in [6.45, 7) is 10.4. The molecule has 180 valence electrons. The lowest BCUT2D eigenvalue weighted by molar-refractivity contribution is -0.164. The summed E-state index contributed by atoms with van der Waals surface area (Å²) in [6.07, 6.45) is 1.74. The lowest BCUT2D eigenvalue weighted by Crippen LogP contribution is -2.44.